The highest BCUT2D eigenvalue weighted by molar-refractivity contribution is 6.06. The first-order valence-electron chi connectivity index (χ1n) is 7.38. The van der Waals surface area contributed by atoms with Gasteiger partial charge >= 0.3 is 0 Å². The Labute approximate surface area is 139 Å². The number of rotatable bonds is 4. The molecule has 5 nitrogen and oxygen atoms in total. The van der Waals surface area contributed by atoms with Crippen molar-refractivity contribution in [2.75, 3.05) is 5.32 Å². The SMILES string of the molecule is O=C(Nc1ccc(N=Nc2ccccc2)cc1)c1ccccc1O. The molecule has 2 N–H and O–H groups in total. The number of hydrogen-bond donors (Lipinski definition) is 2. The van der Waals surface area contributed by atoms with E-state index in [1.54, 1.807) is 42.5 Å². The van der Waals surface area contributed by atoms with Gasteiger partial charge in [-0.25, -0.2) is 0 Å². The predicted octanol–water partition coefficient (Wildman–Crippen LogP) is 5.06. The van der Waals surface area contributed by atoms with Gasteiger partial charge in [0.2, 0.25) is 0 Å². The molecule has 0 aromatic heterocycles. The quantitative estimate of drug-likeness (QED) is 0.660. The van der Waals surface area contributed by atoms with Gasteiger partial charge in [0.1, 0.15) is 5.75 Å². The van der Waals surface area contributed by atoms with Crippen molar-refractivity contribution in [1.29, 1.82) is 0 Å². The molecule has 0 aliphatic carbocycles. The fourth-order valence-corrected chi connectivity index (χ4v) is 2.09. The number of carbonyl (C=O) groups excluding carboxylic acids is 1. The van der Waals surface area contributed by atoms with Crippen molar-refractivity contribution in [3.63, 3.8) is 0 Å². The van der Waals surface area contributed by atoms with Crippen LogP contribution in [0.15, 0.2) is 89.1 Å². The highest BCUT2D eigenvalue weighted by atomic mass is 16.3. The van der Waals surface area contributed by atoms with E-state index in [2.05, 4.69) is 15.5 Å². The van der Waals surface area contributed by atoms with E-state index in [-0.39, 0.29) is 17.2 Å². The van der Waals surface area contributed by atoms with Gasteiger partial charge in [0, 0.05) is 5.69 Å². The third kappa shape index (κ3) is 3.84. The lowest BCUT2D eigenvalue weighted by Gasteiger charge is -2.06. The molecular formula is C19H15N3O2. The number of anilines is 1. The molecule has 5 heteroatoms. The molecule has 0 atom stereocenters. The van der Waals surface area contributed by atoms with E-state index in [4.69, 9.17) is 0 Å². The van der Waals surface area contributed by atoms with Gasteiger partial charge in [0.25, 0.3) is 5.91 Å². The summed E-state index contributed by atoms with van der Waals surface area (Å²) < 4.78 is 0. The molecule has 0 unspecified atom stereocenters. The Balaban J connectivity index is 1.68. The maximum absolute atomic E-state index is 12.1. The molecule has 118 valence electrons. The van der Waals surface area contributed by atoms with E-state index in [9.17, 15) is 9.90 Å². The van der Waals surface area contributed by atoms with Crippen LogP contribution in [0.5, 0.6) is 5.75 Å². The van der Waals surface area contributed by atoms with E-state index in [0.717, 1.165) is 5.69 Å². The molecule has 0 heterocycles. The lowest BCUT2D eigenvalue weighted by atomic mass is 10.2. The third-order valence-electron chi connectivity index (χ3n) is 3.31. The summed E-state index contributed by atoms with van der Waals surface area (Å²) in [7, 11) is 0. The smallest absolute Gasteiger partial charge is 0.259 e. The molecule has 0 fully saturated rings. The predicted molar refractivity (Wildman–Crippen MR) is 93.1 cm³/mol. The number of para-hydroxylation sites is 1. The van der Waals surface area contributed by atoms with Gasteiger partial charge in [-0.15, -0.1) is 0 Å². The standard InChI is InChI=1S/C19H15N3O2/c23-18-9-5-4-8-17(18)19(24)20-14-10-12-16(13-11-14)22-21-15-6-2-1-3-7-15/h1-13,23H,(H,20,24). The van der Waals surface area contributed by atoms with Crippen molar-refractivity contribution >= 4 is 23.0 Å². The van der Waals surface area contributed by atoms with E-state index in [1.165, 1.54) is 6.07 Å². The highest BCUT2D eigenvalue weighted by Gasteiger charge is 2.10. The van der Waals surface area contributed by atoms with Crippen LogP contribution >= 0.6 is 0 Å². The zero-order chi connectivity index (χ0) is 16.8. The summed E-state index contributed by atoms with van der Waals surface area (Å²) in [5.41, 5.74) is 2.29. The van der Waals surface area contributed by atoms with Crippen LogP contribution in [-0.2, 0) is 0 Å². The Morgan fingerprint density at radius 3 is 2.00 bits per heavy atom. The Kier molecular flexibility index (Phi) is 4.62. The summed E-state index contributed by atoms with van der Waals surface area (Å²) in [5.74, 6) is -0.421. The first kappa shape index (κ1) is 15.4. The zero-order valence-corrected chi connectivity index (χ0v) is 12.8. The van der Waals surface area contributed by atoms with Crippen LogP contribution in [0, 0.1) is 0 Å². The van der Waals surface area contributed by atoms with Crippen LogP contribution in [0.1, 0.15) is 10.4 Å². The fraction of sp³-hybridized carbons (Fsp3) is 0. The molecule has 0 spiro atoms. The molecule has 0 radical (unpaired) electrons. The van der Waals surface area contributed by atoms with Crippen LogP contribution in [0.25, 0.3) is 0 Å². The second-order valence-corrected chi connectivity index (χ2v) is 5.05. The van der Waals surface area contributed by atoms with Crippen molar-refractivity contribution in [2.24, 2.45) is 10.2 Å². The average molecular weight is 317 g/mol. The van der Waals surface area contributed by atoms with Crippen LogP contribution in [0.3, 0.4) is 0 Å². The summed E-state index contributed by atoms with van der Waals surface area (Å²) in [5, 5.41) is 20.7. The lowest BCUT2D eigenvalue weighted by Crippen LogP contribution is -2.11. The van der Waals surface area contributed by atoms with Crippen molar-refractivity contribution in [3.8, 4) is 5.75 Å². The van der Waals surface area contributed by atoms with Crippen LogP contribution in [0.4, 0.5) is 17.1 Å². The van der Waals surface area contributed by atoms with Gasteiger partial charge in [-0.2, -0.15) is 10.2 Å². The van der Waals surface area contributed by atoms with E-state index < -0.39 is 0 Å². The van der Waals surface area contributed by atoms with Gasteiger partial charge in [-0.3, -0.25) is 4.79 Å². The highest BCUT2D eigenvalue weighted by Crippen LogP contribution is 2.21. The van der Waals surface area contributed by atoms with Crippen LogP contribution in [-0.4, -0.2) is 11.0 Å². The minimum atomic E-state index is -0.369. The average Bonchev–Trinajstić information content (AvgIpc) is 2.62. The van der Waals surface area contributed by atoms with Gasteiger partial charge in [0.05, 0.1) is 16.9 Å². The maximum Gasteiger partial charge on any atom is 0.259 e. The van der Waals surface area contributed by atoms with Crippen molar-refractivity contribution in [2.45, 2.75) is 0 Å². The Morgan fingerprint density at radius 1 is 0.750 bits per heavy atom. The zero-order valence-electron chi connectivity index (χ0n) is 12.8. The van der Waals surface area contributed by atoms with Crippen LogP contribution in [0.2, 0.25) is 0 Å². The molecule has 0 saturated carbocycles. The van der Waals surface area contributed by atoms with Crippen LogP contribution < -0.4 is 5.32 Å². The fourth-order valence-electron chi connectivity index (χ4n) is 2.09. The molecule has 0 aliphatic heterocycles. The van der Waals surface area contributed by atoms with Gasteiger partial charge < -0.3 is 10.4 Å². The van der Waals surface area contributed by atoms with Gasteiger partial charge in [-0.05, 0) is 48.5 Å². The number of nitrogens with one attached hydrogen (secondary N) is 1. The lowest BCUT2D eigenvalue weighted by molar-refractivity contribution is 0.102. The number of nitrogens with zero attached hydrogens (tertiary/aromatic N) is 2. The topological polar surface area (TPSA) is 74.0 Å². The van der Waals surface area contributed by atoms with Crippen molar-refractivity contribution < 1.29 is 9.90 Å². The number of azo groups is 1. The minimum Gasteiger partial charge on any atom is -0.507 e. The first-order valence-corrected chi connectivity index (χ1v) is 7.38. The van der Waals surface area contributed by atoms with E-state index in [1.807, 2.05) is 30.3 Å². The second kappa shape index (κ2) is 7.19. The summed E-state index contributed by atoms with van der Waals surface area (Å²) in [6, 6.07) is 22.8. The number of benzene rings is 3. The van der Waals surface area contributed by atoms with Gasteiger partial charge in [-0.1, -0.05) is 30.3 Å². The number of hydrogen-bond acceptors (Lipinski definition) is 4. The summed E-state index contributed by atoms with van der Waals surface area (Å²) >= 11 is 0. The second-order valence-electron chi connectivity index (χ2n) is 5.05. The third-order valence-corrected chi connectivity index (χ3v) is 3.31. The molecule has 0 aliphatic rings. The normalized spacial score (nSPS) is 10.7. The number of amides is 1. The Morgan fingerprint density at radius 2 is 1.33 bits per heavy atom. The molecule has 24 heavy (non-hydrogen) atoms. The molecule has 3 aromatic rings. The van der Waals surface area contributed by atoms with Crippen molar-refractivity contribution in [3.05, 3.63) is 84.4 Å². The maximum atomic E-state index is 12.1. The number of aromatic hydroxyl groups is 1. The molecule has 3 aromatic carbocycles. The summed E-state index contributed by atoms with van der Waals surface area (Å²) in [6.45, 7) is 0. The molecule has 1 amide bonds. The first-order chi connectivity index (χ1) is 11.7. The van der Waals surface area contributed by atoms with Crippen molar-refractivity contribution in [1.82, 2.24) is 0 Å². The van der Waals surface area contributed by atoms with E-state index in [0.29, 0.717) is 11.4 Å². The number of phenolic OH excluding ortho intramolecular Hbond substituents is 1. The van der Waals surface area contributed by atoms with Gasteiger partial charge in [0.15, 0.2) is 0 Å². The molecule has 0 saturated heterocycles. The monoisotopic (exact) mass is 317 g/mol. The van der Waals surface area contributed by atoms with E-state index >= 15 is 0 Å². The Hall–Kier alpha value is -3.47. The largest absolute Gasteiger partial charge is 0.507 e. The molecule has 3 rings (SSSR count). The summed E-state index contributed by atoms with van der Waals surface area (Å²) in [6.07, 6.45) is 0. The molecule has 0 bridgehead atoms. The number of phenols is 1. The molecular weight excluding hydrogens is 302 g/mol. The summed E-state index contributed by atoms with van der Waals surface area (Å²) in [4.78, 5) is 12.1. The Bertz CT molecular complexity index is 859. The minimum absolute atomic E-state index is 0.0525. The number of carbonyl (C=O) groups is 1.